The van der Waals surface area contributed by atoms with Gasteiger partial charge in [-0.15, -0.1) is 0 Å². The van der Waals surface area contributed by atoms with Crippen LogP contribution in [0, 0.1) is 0 Å². The Bertz CT molecular complexity index is 861. The van der Waals surface area contributed by atoms with Crippen molar-refractivity contribution in [2.45, 2.75) is 19.5 Å². The number of hydrogen-bond acceptors (Lipinski definition) is 4. The van der Waals surface area contributed by atoms with Crippen LogP contribution in [0.5, 0.6) is 0 Å². The van der Waals surface area contributed by atoms with Crippen molar-refractivity contribution in [2.24, 2.45) is 0 Å². The van der Waals surface area contributed by atoms with Gasteiger partial charge in [0.1, 0.15) is 0 Å². The van der Waals surface area contributed by atoms with Crippen LogP contribution in [-0.4, -0.2) is 26.8 Å². The van der Waals surface area contributed by atoms with E-state index in [0.29, 0.717) is 17.8 Å². The lowest BCUT2D eigenvalue weighted by Crippen LogP contribution is -2.32. The fourth-order valence-electron chi connectivity index (χ4n) is 2.57. The Balaban J connectivity index is 1.75. The van der Waals surface area contributed by atoms with E-state index >= 15 is 0 Å². The molecule has 0 saturated carbocycles. The van der Waals surface area contributed by atoms with Crippen molar-refractivity contribution in [3.05, 3.63) is 78.1 Å². The monoisotopic (exact) mass is 349 g/mol. The molecule has 0 aliphatic rings. The van der Waals surface area contributed by atoms with E-state index in [9.17, 15) is 9.59 Å². The Labute approximate surface area is 151 Å². The lowest BCUT2D eigenvalue weighted by atomic mass is 10.1. The predicted molar refractivity (Wildman–Crippen MR) is 97.4 cm³/mol. The molecule has 2 N–H and O–H groups in total. The van der Waals surface area contributed by atoms with Crippen LogP contribution in [0.4, 0.5) is 5.69 Å². The highest BCUT2D eigenvalue weighted by molar-refractivity contribution is 5.95. The number of nitrogens with one attached hydrogen (secondary N) is 2. The average molecular weight is 349 g/mol. The topological polar surface area (TPSA) is 88.9 Å². The summed E-state index contributed by atoms with van der Waals surface area (Å²) in [5, 5.41) is 13.9. The number of amides is 2. The number of rotatable bonds is 6. The van der Waals surface area contributed by atoms with Crippen LogP contribution in [0.1, 0.15) is 28.9 Å². The number of carbonyl (C=O) groups excluding carboxylic acids is 2. The third kappa shape index (κ3) is 4.54. The van der Waals surface area contributed by atoms with Gasteiger partial charge >= 0.3 is 0 Å². The Morgan fingerprint density at radius 1 is 1.00 bits per heavy atom. The first-order chi connectivity index (χ1) is 12.6. The first kappa shape index (κ1) is 17.3. The molecule has 0 fully saturated rings. The Hall–Kier alpha value is -3.48. The van der Waals surface area contributed by atoms with Gasteiger partial charge in [-0.25, -0.2) is 0 Å². The van der Waals surface area contributed by atoms with Crippen LogP contribution < -0.4 is 10.6 Å². The van der Waals surface area contributed by atoms with Crippen molar-refractivity contribution < 1.29 is 9.59 Å². The average Bonchev–Trinajstić information content (AvgIpc) is 3.15. The van der Waals surface area contributed by atoms with Gasteiger partial charge in [-0.1, -0.05) is 30.3 Å². The summed E-state index contributed by atoms with van der Waals surface area (Å²) in [6, 6.07) is 16.2. The van der Waals surface area contributed by atoms with Gasteiger partial charge in [-0.3, -0.25) is 9.59 Å². The molecular weight excluding hydrogens is 330 g/mol. The second-order valence-corrected chi connectivity index (χ2v) is 5.78. The standard InChI is InChI=1S/C19H19N5O2/c1-14(25)22-17-9-7-16(8-10-17)19(26)23-18(13-24-20-11-12-21-24)15-5-3-2-4-6-15/h2-12,18H,13H2,1H3,(H,22,25)(H,23,26)/t18-/m0/s1. The van der Waals surface area contributed by atoms with Crippen molar-refractivity contribution >= 4 is 17.5 Å². The highest BCUT2D eigenvalue weighted by Crippen LogP contribution is 2.16. The second-order valence-electron chi connectivity index (χ2n) is 5.78. The van der Waals surface area contributed by atoms with Crippen molar-refractivity contribution in [3.8, 4) is 0 Å². The lowest BCUT2D eigenvalue weighted by Gasteiger charge is -2.19. The van der Waals surface area contributed by atoms with E-state index in [2.05, 4.69) is 20.8 Å². The minimum atomic E-state index is -0.272. The summed E-state index contributed by atoms with van der Waals surface area (Å²) >= 11 is 0. The molecule has 0 saturated heterocycles. The summed E-state index contributed by atoms with van der Waals surface area (Å²) in [6.07, 6.45) is 3.20. The Morgan fingerprint density at radius 2 is 1.65 bits per heavy atom. The van der Waals surface area contributed by atoms with Crippen LogP contribution in [0.25, 0.3) is 0 Å². The SMILES string of the molecule is CC(=O)Nc1ccc(C(=O)N[C@@H](Cn2nccn2)c2ccccc2)cc1. The maximum atomic E-state index is 12.6. The molecule has 0 aliphatic heterocycles. The smallest absolute Gasteiger partial charge is 0.251 e. The van der Waals surface area contributed by atoms with Gasteiger partial charge in [-0.05, 0) is 29.8 Å². The van der Waals surface area contributed by atoms with Crippen LogP contribution in [0.15, 0.2) is 67.0 Å². The number of benzene rings is 2. The molecule has 0 spiro atoms. The molecule has 26 heavy (non-hydrogen) atoms. The van der Waals surface area contributed by atoms with Crippen molar-refractivity contribution in [2.75, 3.05) is 5.32 Å². The molecule has 1 heterocycles. The van der Waals surface area contributed by atoms with E-state index in [4.69, 9.17) is 0 Å². The number of aromatic nitrogens is 3. The molecule has 7 heteroatoms. The molecule has 1 atom stereocenters. The van der Waals surface area contributed by atoms with Crippen LogP contribution in [-0.2, 0) is 11.3 Å². The van der Waals surface area contributed by atoms with Gasteiger partial charge in [0.2, 0.25) is 5.91 Å². The molecule has 1 aromatic heterocycles. The van der Waals surface area contributed by atoms with E-state index in [1.54, 1.807) is 36.7 Å². The Kier molecular flexibility index (Phi) is 5.38. The highest BCUT2D eigenvalue weighted by atomic mass is 16.2. The summed E-state index contributed by atoms with van der Waals surface area (Å²) in [7, 11) is 0. The third-order valence-electron chi connectivity index (χ3n) is 3.79. The van der Waals surface area contributed by atoms with Crippen LogP contribution in [0.2, 0.25) is 0 Å². The van der Waals surface area contributed by atoms with Crippen molar-refractivity contribution in [3.63, 3.8) is 0 Å². The first-order valence-electron chi connectivity index (χ1n) is 8.19. The van der Waals surface area contributed by atoms with Gasteiger partial charge in [0.15, 0.2) is 0 Å². The second kappa shape index (κ2) is 8.06. The number of nitrogens with zero attached hydrogens (tertiary/aromatic N) is 3. The van der Waals surface area contributed by atoms with Gasteiger partial charge in [0, 0.05) is 18.2 Å². The summed E-state index contributed by atoms with van der Waals surface area (Å²) in [6.45, 7) is 1.86. The van der Waals surface area contributed by atoms with Gasteiger partial charge in [0.05, 0.1) is 25.0 Å². The molecule has 0 bridgehead atoms. The predicted octanol–water partition coefficient (Wildman–Crippen LogP) is 2.41. The van der Waals surface area contributed by atoms with E-state index < -0.39 is 0 Å². The van der Waals surface area contributed by atoms with Crippen molar-refractivity contribution in [1.29, 1.82) is 0 Å². The van der Waals surface area contributed by atoms with E-state index in [1.807, 2.05) is 30.3 Å². The van der Waals surface area contributed by atoms with Crippen LogP contribution >= 0.6 is 0 Å². The van der Waals surface area contributed by atoms with E-state index in [0.717, 1.165) is 5.56 Å². The first-order valence-corrected chi connectivity index (χ1v) is 8.19. The largest absolute Gasteiger partial charge is 0.343 e. The molecule has 0 unspecified atom stereocenters. The number of carbonyl (C=O) groups is 2. The lowest BCUT2D eigenvalue weighted by molar-refractivity contribution is -0.114. The minimum absolute atomic E-state index is 0.155. The van der Waals surface area contributed by atoms with E-state index in [-0.39, 0.29) is 17.9 Å². The highest BCUT2D eigenvalue weighted by Gasteiger charge is 2.17. The quantitative estimate of drug-likeness (QED) is 0.715. The van der Waals surface area contributed by atoms with E-state index in [1.165, 1.54) is 11.7 Å². The maximum absolute atomic E-state index is 12.6. The minimum Gasteiger partial charge on any atom is -0.343 e. The molecular formula is C19H19N5O2. The molecule has 2 amide bonds. The van der Waals surface area contributed by atoms with Crippen molar-refractivity contribution in [1.82, 2.24) is 20.3 Å². The Morgan fingerprint density at radius 3 is 2.27 bits per heavy atom. The molecule has 3 rings (SSSR count). The molecule has 2 aromatic carbocycles. The summed E-state index contributed by atoms with van der Waals surface area (Å²) < 4.78 is 0. The molecule has 7 nitrogen and oxygen atoms in total. The number of hydrogen-bond donors (Lipinski definition) is 2. The molecule has 0 radical (unpaired) electrons. The van der Waals surface area contributed by atoms with Gasteiger partial charge < -0.3 is 10.6 Å². The molecule has 132 valence electrons. The van der Waals surface area contributed by atoms with Crippen LogP contribution in [0.3, 0.4) is 0 Å². The zero-order valence-electron chi connectivity index (χ0n) is 14.3. The fourth-order valence-corrected chi connectivity index (χ4v) is 2.57. The van der Waals surface area contributed by atoms with Gasteiger partial charge in [-0.2, -0.15) is 15.0 Å². The molecule has 0 aliphatic carbocycles. The third-order valence-corrected chi connectivity index (χ3v) is 3.79. The van der Waals surface area contributed by atoms with Gasteiger partial charge in [0.25, 0.3) is 5.91 Å². The summed E-state index contributed by atoms with van der Waals surface area (Å²) in [5.74, 6) is -0.363. The fraction of sp³-hybridized carbons (Fsp3) is 0.158. The summed E-state index contributed by atoms with van der Waals surface area (Å²) in [4.78, 5) is 25.3. The molecule has 3 aromatic rings. The normalized spacial score (nSPS) is 11.6. The number of anilines is 1. The maximum Gasteiger partial charge on any atom is 0.251 e. The summed E-state index contributed by atoms with van der Waals surface area (Å²) in [5.41, 5.74) is 2.12. The zero-order valence-corrected chi connectivity index (χ0v) is 14.3. The zero-order chi connectivity index (χ0) is 18.4.